The van der Waals surface area contributed by atoms with Crippen molar-refractivity contribution in [2.24, 2.45) is 5.18 Å². The lowest BCUT2D eigenvalue weighted by Gasteiger charge is -2.02. The predicted octanol–water partition coefficient (Wildman–Crippen LogP) is 2.01. The van der Waals surface area contributed by atoms with Crippen molar-refractivity contribution >= 4 is 5.69 Å². The highest BCUT2D eigenvalue weighted by atomic mass is 16.5. The normalized spacial score (nSPS) is 9.50. The monoisotopic (exact) mass is 218 g/mol. The van der Waals surface area contributed by atoms with Crippen LogP contribution < -0.4 is 4.74 Å². The summed E-state index contributed by atoms with van der Waals surface area (Å²) in [7, 11) is 5.39. The molecule has 0 aliphatic rings. The minimum atomic E-state index is 0.277. The molecule has 4 nitrogen and oxygen atoms in total. The van der Waals surface area contributed by atoms with Crippen molar-refractivity contribution in [2.75, 3.05) is 27.7 Å². The summed E-state index contributed by atoms with van der Waals surface area (Å²) in [5.74, 6) is 6.40. The third-order valence-electron chi connectivity index (χ3n) is 1.91. The Balaban J connectivity index is 2.89. The third-order valence-corrected chi connectivity index (χ3v) is 1.91. The van der Waals surface area contributed by atoms with Gasteiger partial charge in [-0.05, 0) is 37.5 Å². The van der Waals surface area contributed by atoms with Gasteiger partial charge in [-0.1, -0.05) is 11.8 Å². The number of nitrogens with zero attached hydrogens (tertiary/aromatic N) is 2. The molecule has 0 aromatic heterocycles. The van der Waals surface area contributed by atoms with Crippen molar-refractivity contribution < 1.29 is 4.74 Å². The maximum absolute atomic E-state index is 10.5. The molecule has 0 amide bonds. The molecule has 1 rings (SSSR count). The van der Waals surface area contributed by atoms with Gasteiger partial charge in [-0.3, -0.25) is 4.90 Å². The molecule has 0 fully saturated rings. The predicted molar refractivity (Wildman–Crippen MR) is 63.9 cm³/mol. The molecule has 1 aromatic carbocycles. The first-order valence-corrected chi connectivity index (χ1v) is 4.82. The van der Waals surface area contributed by atoms with Crippen LogP contribution >= 0.6 is 0 Å². The van der Waals surface area contributed by atoms with Gasteiger partial charge in [0.2, 0.25) is 0 Å². The maximum Gasteiger partial charge on any atom is 0.151 e. The van der Waals surface area contributed by atoms with Crippen molar-refractivity contribution in [3.63, 3.8) is 0 Å². The van der Waals surface area contributed by atoms with Crippen LogP contribution in [0.1, 0.15) is 5.56 Å². The van der Waals surface area contributed by atoms with Crippen LogP contribution in [0.3, 0.4) is 0 Å². The van der Waals surface area contributed by atoms with E-state index in [9.17, 15) is 4.91 Å². The van der Waals surface area contributed by atoms with E-state index >= 15 is 0 Å². The fourth-order valence-corrected chi connectivity index (χ4v) is 1.14. The first kappa shape index (κ1) is 12.2. The highest BCUT2D eigenvalue weighted by Crippen LogP contribution is 2.27. The topological polar surface area (TPSA) is 41.9 Å². The Morgan fingerprint density at radius 2 is 2.19 bits per heavy atom. The number of ether oxygens (including phenoxy) is 1. The lowest BCUT2D eigenvalue weighted by molar-refractivity contribution is 0.416. The number of nitroso groups, excluding NO2 is 1. The molecule has 0 atom stereocenters. The summed E-state index contributed by atoms with van der Waals surface area (Å²) in [5, 5.41) is 2.89. The molecule has 16 heavy (non-hydrogen) atoms. The van der Waals surface area contributed by atoms with Gasteiger partial charge >= 0.3 is 0 Å². The molecular formula is C12H14N2O2. The Morgan fingerprint density at radius 3 is 2.75 bits per heavy atom. The van der Waals surface area contributed by atoms with Gasteiger partial charge in [-0.2, -0.15) is 0 Å². The van der Waals surface area contributed by atoms with E-state index in [1.165, 1.54) is 7.11 Å². The number of hydrogen-bond donors (Lipinski definition) is 0. The fraction of sp³-hybridized carbons (Fsp3) is 0.333. The van der Waals surface area contributed by atoms with Crippen LogP contribution in [-0.4, -0.2) is 32.6 Å². The van der Waals surface area contributed by atoms with Crippen LogP contribution in [0.4, 0.5) is 5.69 Å². The maximum atomic E-state index is 10.5. The third kappa shape index (κ3) is 3.37. The second-order valence-corrected chi connectivity index (χ2v) is 3.52. The fourth-order valence-electron chi connectivity index (χ4n) is 1.14. The second-order valence-electron chi connectivity index (χ2n) is 3.52. The Labute approximate surface area is 95.2 Å². The molecule has 1 aromatic rings. The molecule has 0 aliphatic heterocycles. The molecule has 0 saturated heterocycles. The van der Waals surface area contributed by atoms with E-state index in [2.05, 4.69) is 17.0 Å². The van der Waals surface area contributed by atoms with Crippen molar-refractivity contribution in [1.29, 1.82) is 0 Å². The summed E-state index contributed by atoms with van der Waals surface area (Å²) >= 11 is 0. The van der Waals surface area contributed by atoms with Crippen molar-refractivity contribution in [2.45, 2.75) is 0 Å². The summed E-state index contributed by atoms with van der Waals surface area (Å²) in [5.41, 5.74) is 1.04. The molecule has 0 aliphatic carbocycles. The number of hydrogen-bond acceptors (Lipinski definition) is 4. The smallest absolute Gasteiger partial charge is 0.151 e. The van der Waals surface area contributed by atoms with Crippen molar-refractivity contribution in [1.82, 2.24) is 4.90 Å². The summed E-state index contributed by atoms with van der Waals surface area (Å²) in [4.78, 5) is 12.5. The first-order chi connectivity index (χ1) is 7.67. The Morgan fingerprint density at radius 1 is 1.44 bits per heavy atom. The van der Waals surface area contributed by atoms with E-state index in [-0.39, 0.29) is 5.69 Å². The second kappa shape index (κ2) is 5.89. The molecule has 0 radical (unpaired) electrons. The van der Waals surface area contributed by atoms with Gasteiger partial charge in [-0.15, -0.1) is 4.91 Å². The molecular weight excluding hydrogens is 204 g/mol. The molecule has 0 unspecified atom stereocenters. The standard InChI is InChI=1S/C12H14N2O2/c1-14(2)8-4-5-10-6-7-12(16-3)11(9-10)13-15/h6-7,9H,8H2,1-3H3. The molecule has 4 heteroatoms. The van der Waals surface area contributed by atoms with Gasteiger partial charge in [0.05, 0.1) is 13.7 Å². The zero-order chi connectivity index (χ0) is 12.0. The lowest BCUT2D eigenvalue weighted by Crippen LogP contribution is -2.10. The first-order valence-electron chi connectivity index (χ1n) is 4.82. The molecule has 0 spiro atoms. The van der Waals surface area contributed by atoms with Gasteiger partial charge in [0.25, 0.3) is 0 Å². The van der Waals surface area contributed by atoms with Gasteiger partial charge in [0.1, 0.15) is 5.75 Å². The largest absolute Gasteiger partial charge is 0.494 e. The zero-order valence-corrected chi connectivity index (χ0v) is 9.65. The van der Waals surface area contributed by atoms with E-state index in [4.69, 9.17) is 4.74 Å². The molecule has 0 bridgehead atoms. The quantitative estimate of drug-likeness (QED) is 0.575. The zero-order valence-electron chi connectivity index (χ0n) is 9.65. The highest BCUT2D eigenvalue weighted by Gasteiger charge is 2.02. The van der Waals surface area contributed by atoms with Crippen LogP contribution in [0.2, 0.25) is 0 Å². The molecule has 0 saturated carbocycles. The van der Waals surface area contributed by atoms with Crippen LogP contribution in [-0.2, 0) is 0 Å². The minimum absolute atomic E-state index is 0.277. The van der Waals surface area contributed by atoms with E-state index < -0.39 is 0 Å². The van der Waals surface area contributed by atoms with E-state index in [0.29, 0.717) is 12.3 Å². The SMILES string of the molecule is COc1ccc(C#CCN(C)C)cc1N=O. The Kier molecular flexibility index (Phi) is 4.49. The highest BCUT2D eigenvalue weighted by molar-refractivity contribution is 5.56. The van der Waals surface area contributed by atoms with Gasteiger partial charge < -0.3 is 4.74 Å². The average molecular weight is 218 g/mol. The van der Waals surface area contributed by atoms with Crippen LogP contribution in [0.15, 0.2) is 23.4 Å². The molecule has 0 heterocycles. The summed E-state index contributed by atoms with van der Waals surface area (Å²) in [6.07, 6.45) is 0. The average Bonchev–Trinajstić information content (AvgIpc) is 2.28. The van der Waals surface area contributed by atoms with Gasteiger partial charge in [0, 0.05) is 5.56 Å². The van der Waals surface area contributed by atoms with Crippen molar-refractivity contribution in [3.05, 3.63) is 28.7 Å². The lowest BCUT2D eigenvalue weighted by atomic mass is 10.2. The number of benzene rings is 1. The Bertz CT molecular complexity index is 430. The van der Waals surface area contributed by atoms with Gasteiger partial charge in [0.15, 0.2) is 5.69 Å². The van der Waals surface area contributed by atoms with Crippen LogP contribution in [0, 0.1) is 16.7 Å². The minimum Gasteiger partial charge on any atom is -0.494 e. The van der Waals surface area contributed by atoms with E-state index in [0.717, 1.165) is 5.56 Å². The summed E-state index contributed by atoms with van der Waals surface area (Å²) in [6, 6.07) is 5.11. The van der Waals surface area contributed by atoms with E-state index in [1.54, 1.807) is 18.2 Å². The summed E-state index contributed by atoms with van der Waals surface area (Å²) < 4.78 is 4.98. The van der Waals surface area contributed by atoms with Gasteiger partial charge in [-0.25, -0.2) is 0 Å². The summed E-state index contributed by atoms with van der Waals surface area (Å²) in [6.45, 7) is 0.676. The van der Waals surface area contributed by atoms with Crippen LogP contribution in [0.5, 0.6) is 5.75 Å². The Hall–Kier alpha value is -1.86. The number of rotatable bonds is 3. The van der Waals surface area contributed by atoms with Crippen molar-refractivity contribution in [3.8, 4) is 17.6 Å². The number of methoxy groups -OCH3 is 1. The molecule has 84 valence electrons. The molecule has 0 N–H and O–H groups in total. The van der Waals surface area contributed by atoms with E-state index in [1.807, 2.05) is 19.0 Å². The van der Waals surface area contributed by atoms with Crippen LogP contribution in [0.25, 0.3) is 0 Å².